The molecule has 1 aromatic heterocycles. The first-order valence-electron chi connectivity index (χ1n) is 22.4. The first kappa shape index (κ1) is 44.9. The van der Waals surface area contributed by atoms with E-state index in [0.717, 1.165) is 82.0 Å². The number of carbonyl (C=O) groups is 1. The van der Waals surface area contributed by atoms with Gasteiger partial charge in [-0.3, -0.25) is 4.79 Å². The number of rotatable bonds is 11. The van der Waals surface area contributed by atoms with Crippen molar-refractivity contribution in [3.63, 3.8) is 0 Å². The average molecular weight is 779 g/mol. The zero-order valence-electron chi connectivity index (χ0n) is 37.3. The van der Waals surface area contributed by atoms with Gasteiger partial charge in [-0.1, -0.05) is 116 Å². The maximum Gasteiger partial charge on any atom is 0.138 e. The molecule has 3 saturated carbocycles. The molecule has 0 saturated heterocycles. The minimum Gasteiger partial charge on any atom is -0.378 e. The molecule has 57 heavy (non-hydrogen) atoms. The lowest BCUT2D eigenvalue weighted by molar-refractivity contribution is -0.131. The highest BCUT2D eigenvalue weighted by molar-refractivity contribution is 5.83. The molecule has 6 nitrogen and oxygen atoms in total. The zero-order chi connectivity index (χ0) is 41.8. The van der Waals surface area contributed by atoms with Crippen LogP contribution in [0.3, 0.4) is 0 Å². The second-order valence-corrected chi connectivity index (χ2v) is 19.4. The number of aryl methyl sites for hydroxylation is 1. The number of nitrogens with zero attached hydrogens (tertiary/aromatic N) is 3. The Hall–Kier alpha value is -3.22. The molecule has 3 aliphatic rings. The van der Waals surface area contributed by atoms with E-state index < -0.39 is 0 Å². The van der Waals surface area contributed by atoms with Crippen molar-refractivity contribution in [2.24, 2.45) is 64.4 Å². The van der Waals surface area contributed by atoms with Crippen molar-refractivity contribution in [2.75, 3.05) is 19.0 Å². The number of benzene rings is 1. The van der Waals surface area contributed by atoms with Crippen molar-refractivity contribution < 1.29 is 9.53 Å². The van der Waals surface area contributed by atoms with Gasteiger partial charge in [0.05, 0.1) is 24.2 Å². The summed E-state index contributed by atoms with van der Waals surface area (Å²) in [6.45, 7) is 35.6. The molecule has 2 aromatic rings. The summed E-state index contributed by atoms with van der Waals surface area (Å²) < 4.78 is 9.33. The van der Waals surface area contributed by atoms with Crippen LogP contribution in [0.25, 0.3) is 11.3 Å². The Morgan fingerprint density at radius 2 is 1.67 bits per heavy atom. The molecule has 1 heterocycles. The third kappa shape index (κ3) is 9.98. The van der Waals surface area contributed by atoms with Crippen molar-refractivity contribution in [1.82, 2.24) is 9.55 Å². The van der Waals surface area contributed by atoms with E-state index in [4.69, 9.17) is 35.2 Å². The van der Waals surface area contributed by atoms with Crippen molar-refractivity contribution >= 4 is 11.5 Å². The summed E-state index contributed by atoms with van der Waals surface area (Å²) in [5.41, 5.74) is 13.3. The monoisotopic (exact) mass is 779 g/mol. The van der Waals surface area contributed by atoms with Crippen LogP contribution in [-0.2, 0) is 16.1 Å². The topological polar surface area (TPSA) is 73.4 Å². The van der Waals surface area contributed by atoms with Crippen LogP contribution in [0.4, 0.5) is 5.69 Å². The first-order valence-corrected chi connectivity index (χ1v) is 22.4. The molecule has 3 aliphatic carbocycles. The van der Waals surface area contributed by atoms with E-state index >= 15 is 0 Å². The van der Waals surface area contributed by atoms with Gasteiger partial charge in [-0.25, -0.2) is 4.98 Å². The minimum atomic E-state index is -0.222. The van der Waals surface area contributed by atoms with Gasteiger partial charge < -0.3 is 19.9 Å². The van der Waals surface area contributed by atoms with E-state index in [1.165, 1.54) is 22.4 Å². The number of ether oxygens (including phenoxy) is 1. The van der Waals surface area contributed by atoms with Crippen LogP contribution < -0.4 is 10.6 Å². The number of hydrogen-bond acceptors (Lipinski definition) is 5. The molecule has 314 valence electrons. The van der Waals surface area contributed by atoms with Crippen molar-refractivity contribution in [3.8, 4) is 11.3 Å². The number of unbranched alkanes of at least 4 members (excludes halogenated alkanes) is 1. The van der Waals surface area contributed by atoms with Gasteiger partial charge in [0, 0.05) is 61.9 Å². The van der Waals surface area contributed by atoms with E-state index in [1.54, 1.807) is 0 Å². The molecule has 1 aromatic carbocycles. The van der Waals surface area contributed by atoms with E-state index in [-0.39, 0.29) is 65.1 Å². The lowest BCUT2D eigenvalue weighted by Gasteiger charge is -2.46. The summed E-state index contributed by atoms with van der Waals surface area (Å²) in [5, 5.41) is 0. The summed E-state index contributed by atoms with van der Waals surface area (Å²) in [5.74, 6) is 1.90. The minimum absolute atomic E-state index is 0.0350. The third-order valence-electron chi connectivity index (χ3n) is 15.0. The second-order valence-electron chi connectivity index (χ2n) is 19.4. The quantitative estimate of drug-likeness (QED) is 0.182. The van der Waals surface area contributed by atoms with Crippen LogP contribution in [0, 0.1) is 58.7 Å². The predicted octanol–water partition coefficient (Wildman–Crippen LogP) is 11.7. The zero-order valence-corrected chi connectivity index (χ0v) is 37.3. The van der Waals surface area contributed by atoms with E-state index in [1.807, 2.05) is 6.33 Å². The molecule has 0 radical (unpaired) electrons. The van der Waals surface area contributed by atoms with Gasteiger partial charge in [-0.2, -0.15) is 0 Å². The van der Waals surface area contributed by atoms with Gasteiger partial charge in [0.2, 0.25) is 0 Å². The highest BCUT2D eigenvalue weighted by atomic mass is 16.5. The molecule has 0 spiro atoms. The predicted molar refractivity (Wildman–Crippen MR) is 241 cm³/mol. The average Bonchev–Trinajstić information content (AvgIpc) is 3.77. The van der Waals surface area contributed by atoms with E-state index in [0.29, 0.717) is 17.6 Å². The first-order chi connectivity index (χ1) is 27.0. The lowest BCUT2D eigenvalue weighted by atomic mass is 9.58. The fourth-order valence-corrected chi connectivity index (χ4v) is 11.7. The number of nitrogens with two attached hydrogens (primary N) is 1. The van der Waals surface area contributed by atoms with Crippen LogP contribution in [0.2, 0.25) is 0 Å². The van der Waals surface area contributed by atoms with Crippen LogP contribution in [0.1, 0.15) is 113 Å². The van der Waals surface area contributed by atoms with Crippen molar-refractivity contribution in [1.29, 1.82) is 0 Å². The summed E-state index contributed by atoms with van der Waals surface area (Å²) in [6.07, 6.45) is 16.1. The number of hydrogen-bond donors (Lipinski definition) is 1. The summed E-state index contributed by atoms with van der Waals surface area (Å²) in [7, 11) is 4.12. The number of imidazole rings is 1. The number of Topliss-reactive ketones (excluding diaryl/α,β-unsaturated/α-hetero) is 1. The Balaban J connectivity index is 1.37. The molecular weight excluding hydrogens is 701 g/mol. The van der Waals surface area contributed by atoms with Crippen LogP contribution >= 0.6 is 0 Å². The van der Waals surface area contributed by atoms with Crippen molar-refractivity contribution in [2.45, 2.75) is 137 Å². The van der Waals surface area contributed by atoms with Gasteiger partial charge in [0.25, 0.3) is 0 Å². The number of carbonyl (C=O) groups excluding carboxylic acids is 1. The third-order valence-corrected chi connectivity index (χ3v) is 15.0. The molecule has 0 amide bonds. The Morgan fingerprint density at radius 1 is 0.965 bits per heavy atom. The normalized spacial score (nSPS) is 35.8. The molecule has 6 heteroatoms. The molecule has 0 aliphatic heterocycles. The Labute approximate surface area is 347 Å². The van der Waals surface area contributed by atoms with Gasteiger partial charge in [-0.05, 0) is 104 Å². The number of aromatic nitrogens is 2. The fraction of sp³-hybridized carbons (Fsp3) is 0.647. The molecular formula is C51H78N4O2. The Bertz CT molecular complexity index is 1700. The molecule has 5 rings (SSSR count). The summed E-state index contributed by atoms with van der Waals surface area (Å²) in [4.78, 5) is 21.7. The maximum atomic E-state index is 14.9. The number of allylic oxidation sites excluding steroid dienone is 3. The molecule has 2 N–H and O–H groups in total. The summed E-state index contributed by atoms with van der Waals surface area (Å²) >= 11 is 0. The Kier molecular flexibility index (Phi) is 15.1. The number of fused-ring (bicyclic) bond motifs is 1. The van der Waals surface area contributed by atoms with Crippen LogP contribution in [-0.4, -0.2) is 47.7 Å². The van der Waals surface area contributed by atoms with Crippen molar-refractivity contribution in [3.05, 3.63) is 85.9 Å². The van der Waals surface area contributed by atoms with Crippen LogP contribution in [0.15, 0.2) is 85.9 Å². The number of anilines is 1. The second kappa shape index (κ2) is 19.2. The van der Waals surface area contributed by atoms with Gasteiger partial charge >= 0.3 is 0 Å². The Morgan fingerprint density at radius 3 is 2.30 bits per heavy atom. The summed E-state index contributed by atoms with van der Waals surface area (Å²) in [6, 6.07) is 8.74. The maximum absolute atomic E-state index is 14.9. The van der Waals surface area contributed by atoms with Gasteiger partial charge in [0.15, 0.2) is 0 Å². The van der Waals surface area contributed by atoms with Gasteiger partial charge in [-0.15, -0.1) is 6.58 Å². The molecule has 4 unspecified atom stereocenters. The van der Waals surface area contributed by atoms with Gasteiger partial charge in [0.1, 0.15) is 5.78 Å². The van der Waals surface area contributed by atoms with E-state index in [9.17, 15) is 4.79 Å². The highest BCUT2D eigenvalue weighted by Gasteiger charge is 2.55. The smallest absolute Gasteiger partial charge is 0.138 e. The molecule has 3 fully saturated rings. The molecule has 13 atom stereocenters. The SMILES string of the molecule is C=C[C@]12CC(=C)C(CCCCn3cnc(-c4ccc(N(C)C)cc4)c3)[C@@H]1[C@@H](C)C(=O)[C@H](C)CC(C)[C@H](OC1C[C@H](C)C[C@H](N)C1)[C@@H](C)C(=C)[C@@H](C)C(=C)CC2CC. The lowest BCUT2D eigenvalue weighted by Crippen LogP contribution is -2.44. The van der Waals surface area contributed by atoms with Crippen LogP contribution in [0.5, 0.6) is 0 Å². The molecule has 0 bridgehead atoms. The fourth-order valence-electron chi connectivity index (χ4n) is 11.7. The number of ketones is 1. The standard InChI is InChI=1S/C51H78N4O2/c1-14-42-27-33(4)37(8)38(9)39(10)50(57-45-25-32(3)24-43(52)28-45)35(6)26-34(5)49(56)40(11)48-46(36(7)29-51(42,48)15-2)18-16-17-23-55-30-47(53-31-55)41-19-21-44(22-20-41)54(12)13/h15,19-22,30-32,34-35,37,39-40,42-43,45-46,48,50H,2,4,7,9,14,16-18,23-29,52H2,1,3,5-6,8,10-13H3/t32-,34-,35?,37+,39+,40-,42?,43+,45?,46?,48+,50+,51-/m1/s1. The highest BCUT2D eigenvalue weighted by Crippen LogP contribution is 2.61. The van der Waals surface area contributed by atoms with E-state index in [2.05, 4.69) is 115 Å². The largest absolute Gasteiger partial charge is 0.378 e.